The molecule has 0 radical (unpaired) electrons. The molecule has 0 aliphatic heterocycles. The first-order valence-corrected chi connectivity index (χ1v) is 6.74. The number of aromatic nitrogens is 3. The maximum absolute atomic E-state index is 12.1. The lowest BCUT2D eigenvalue weighted by atomic mass is 10.2. The molecule has 2 aromatic rings. The van der Waals surface area contributed by atoms with Crippen LogP contribution in [0.5, 0.6) is 0 Å². The number of imidazole rings is 1. The summed E-state index contributed by atoms with van der Waals surface area (Å²) >= 11 is 5.27. The van der Waals surface area contributed by atoms with Gasteiger partial charge in [-0.25, -0.2) is 4.98 Å². The van der Waals surface area contributed by atoms with E-state index in [4.69, 9.17) is 12.2 Å². The number of pyridine rings is 1. The summed E-state index contributed by atoms with van der Waals surface area (Å²) in [7, 11) is 0. The van der Waals surface area contributed by atoms with E-state index in [1.54, 1.807) is 10.8 Å². The summed E-state index contributed by atoms with van der Waals surface area (Å²) in [5.74, 6) is 0.376. The van der Waals surface area contributed by atoms with Crippen molar-refractivity contribution in [3.63, 3.8) is 0 Å². The Morgan fingerprint density at radius 2 is 2.26 bits per heavy atom. The van der Waals surface area contributed by atoms with Gasteiger partial charge in [-0.05, 0) is 37.2 Å². The number of rotatable bonds is 4. The van der Waals surface area contributed by atoms with Crippen molar-refractivity contribution >= 4 is 29.3 Å². The van der Waals surface area contributed by atoms with Crippen LogP contribution in [0.4, 0.5) is 0 Å². The van der Waals surface area contributed by atoms with Crippen molar-refractivity contribution in [2.24, 2.45) is 5.92 Å². The molecule has 0 fully saturated rings. The largest absolute Gasteiger partial charge is 0.354 e. The van der Waals surface area contributed by atoms with Crippen LogP contribution >= 0.6 is 12.2 Å². The Morgan fingerprint density at radius 1 is 1.53 bits per heavy atom. The van der Waals surface area contributed by atoms with Gasteiger partial charge in [0, 0.05) is 12.7 Å². The highest BCUT2D eigenvalue weighted by atomic mass is 32.1. The van der Waals surface area contributed by atoms with Crippen LogP contribution in [0.25, 0.3) is 11.2 Å². The second kappa shape index (κ2) is 5.52. The maximum atomic E-state index is 12.1. The zero-order valence-corrected chi connectivity index (χ0v) is 12.1. The van der Waals surface area contributed by atoms with Crippen LogP contribution in [0.2, 0.25) is 0 Å². The quantitative estimate of drug-likeness (QED) is 0.844. The number of hydrogen-bond donors (Lipinski definition) is 2. The molecule has 0 aromatic carbocycles. The minimum atomic E-state index is -0.380. The number of carbonyl (C=O) groups is 1. The third-order valence-electron chi connectivity index (χ3n) is 2.93. The van der Waals surface area contributed by atoms with Gasteiger partial charge in [-0.15, -0.1) is 0 Å². The van der Waals surface area contributed by atoms with Gasteiger partial charge >= 0.3 is 0 Å². The van der Waals surface area contributed by atoms with Gasteiger partial charge in [0.15, 0.2) is 10.4 Å². The fourth-order valence-corrected chi connectivity index (χ4v) is 2.24. The first-order valence-electron chi connectivity index (χ1n) is 6.33. The van der Waals surface area contributed by atoms with Gasteiger partial charge in [-0.1, -0.05) is 13.8 Å². The van der Waals surface area contributed by atoms with E-state index in [2.05, 4.69) is 29.1 Å². The Balaban J connectivity index is 2.31. The van der Waals surface area contributed by atoms with Crippen LogP contribution in [0.15, 0.2) is 18.3 Å². The zero-order valence-electron chi connectivity index (χ0n) is 11.3. The Morgan fingerprint density at radius 3 is 2.95 bits per heavy atom. The molecule has 0 saturated carbocycles. The topological polar surface area (TPSA) is 62.7 Å². The van der Waals surface area contributed by atoms with E-state index in [9.17, 15) is 4.79 Å². The summed E-state index contributed by atoms with van der Waals surface area (Å²) in [6.45, 7) is 6.60. The number of aromatic amines is 1. The van der Waals surface area contributed by atoms with Crippen LogP contribution in [0, 0.1) is 10.7 Å². The third kappa shape index (κ3) is 2.84. The lowest BCUT2D eigenvalue weighted by Gasteiger charge is -2.15. The predicted octanol–water partition coefficient (Wildman–Crippen LogP) is 2.43. The first kappa shape index (κ1) is 13.7. The summed E-state index contributed by atoms with van der Waals surface area (Å²) in [5, 5.41) is 2.91. The zero-order chi connectivity index (χ0) is 14.0. The first-order chi connectivity index (χ1) is 9.00. The van der Waals surface area contributed by atoms with Crippen LogP contribution in [-0.2, 0) is 4.79 Å². The highest BCUT2D eigenvalue weighted by Crippen LogP contribution is 2.16. The molecule has 1 atom stereocenters. The van der Waals surface area contributed by atoms with Crippen molar-refractivity contribution in [2.75, 3.05) is 6.54 Å². The van der Waals surface area contributed by atoms with E-state index in [0.717, 1.165) is 5.52 Å². The van der Waals surface area contributed by atoms with Gasteiger partial charge in [-0.3, -0.25) is 9.36 Å². The Hall–Kier alpha value is -1.69. The van der Waals surface area contributed by atoms with E-state index in [1.807, 2.05) is 19.1 Å². The summed E-state index contributed by atoms with van der Waals surface area (Å²) in [5.41, 5.74) is 1.55. The number of fused-ring (bicyclic) bond motifs is 1. The molecule has 0 aliphatic carbocycles. The second-order valence-corrected chi connectivity index (χ2v) is 5.38. The fraction of sp³-hybridized carbons (Fsp3) is 0.462. The maximum Gasteiger partial charge on any atom is 0.242 e. The number of carbonyl (C=O) groups excluding carboxylic acids is 1. The Labute approximate surface area is 117 Å². The number of nitrogens with zero attached hydrogens (tertiary/aromatic N) is 2. The lowest BCUT2D eigenvalue weighted by Crippen LogP contribution is -2.33. The minimum Gasteiger partial charge on any atom is -0.354 e. The lowest BCUT2D eigenvalue weighted by molar-refractivity contribution is -0.123. The number of nitrogens with one attached hydrogen (secondary N) is 2. The standard InChI is InChI=1S/C13H18N4OS/c1-8(2)7-15-12(18)9(3)17-11-10(16-13(17)19)5-4-6-14-11/h4-6,8-9H,7H2,1-3H3,(H,15,18)(H,16,19). The molecule has 2 rings (SSSR count). The Kier molecular flexibility index (Phi) is 3.99. The van der Waals surface area contributed by atoms with E-state index in [0.29, 0.717) is 22.9 Å². The average molecular weight is 278 g/mol. The molecule has 2 N–H and O–H groups in total. The molecule has 102 valence electrons. The third-order valence-corrected chi connectivity index (χ3v) is 3.23. The van der Waals surface area contributed by atoms with E-state index >= 15 is 0 Å². The van der Waals surface area contributed by atoms with Crippen molar-refractivity contribution < 1.29 is 4.79 Å². The highest BCUT2D eigenvalue weighted by Gasteiger charge is 2.18. The van der Waals surface area contributed by atoms with Crippen molar-refractivity contribution in [1.29, 1.82) is 0 Å². The normalized spacial score (nSPS) is 12.8. The monoisotopic (exact) mass is 278 g/mol. The van der Waals surface area contributed by atoms with Crippen LogP contribution in [0.3, 0.4) is 0 Å². The van der Waals surface area contributed by atoms with Crippen LogP contribution < -0.4 is 5.32 Å². The summed E-state index contributed by atoms with van der Waals surface area (Å²) in [6.07, 6.45) is 1.69. The molecular formula is C13H18N4OS. The number of amides is 1. The van der Waals surface area contributed by atoms with Crippen molar-refractivity contribution in [3.05, 3.63) is 23.1 Å². The molecule has 0 aliphatic rings. The smallest absolute Gasteiger partial charge is 0.242 e. The van der Waals surface area contributed by atoms with Gasteiger partial charge < -0.3 is 10.3 Å². The highest BCUT2D eigenvalue weighted by molar-refractivity contribution is 7.71. The van der Waals surface area contributed by atoms with E-state index in [-0.39, 0.29) is 11.9 Å². The number of H-pyrrole nitrogens is 1. The molecule has 5 nitrogen and oxygen atoms in total. The van der Waals surface area contributed by atoms with Gasteiger partial charge in [0.25, 0.3) is 0 Å². The molecule has 1 unspecified atom stereocenters. The summed E-state index contributed by atoms with van der Waals surface area (Å²) < 4.78 is 2.27. The summed E-state index contributed by atoms with van der Waals surface area (Å²) in [4.78, 5) is 19.5. The van der Waals surface area contributed by atoms with Gasteiger partial charge in [0.2, 0.25) is 5.91 Å². The van der Waals surface area contributed by atoms with Crippen molar-refractivity contribution in [1.82, 2.24) is 19.9 Å². The van der Waals surface area contributed by atoms with Gasteiger partial charge in [-0.2, -0.15) is 0 Å². The SMILES string of the molecule is CC(C)CNC(=O)C(C)n1c(=S)[nH]c2cccnc21. The molecule has 2 heterocycles. The molecule has 0 saturated heterocycles. The molecule has 19 heavy (non-hydrogen) atoms. The molecule has 0 spiro atoms. The molecule has 6 heteroatoms. The molecular weight excluding hydrogens is 260 g/mol. The molecule has 2 aromatic heterocycles. The second-order valence-electron chi connectivity index (χ2n) is 4.99. The van der Waals surface area contributed by atoms with Crippen LogP contribution in [0.1, 0.15) is 26.8 Å². The minimum absolute atomic E-state index is 0.0450. The number of hydrogen-bond acceptors (Lipinski definition) is 3. The average Bonchev–Trinajstić information content (AvgIpc) is 2.70. The van der Waals surface area contributed by atoms with E-state index < -0.39 is 0 Å². The van der Waals surface area contributed by atoms with Crippen molar-refractivity contribution in [2.45, 2.75) is 26.8 Å². The predicted molar refractivity (Wildman–Crippen MR) is 77.5 cm³/mol. The van der Waals surface area contributed by atoms with Gasteiger partial charge in [0.05, 0.1) is 5.52 Å². The van der Waals surface area contributed by atoms with Gasteiger partial charge in [0.1, 0.15) is 6.04 Å². The molecule has 0 bridgehead atoms. The van der Waals surface area contributed by atoms with E-state index in [1.165, 1.54) is 0 Å². The summed E-state index contributed by atoms with van der Waals surface area (Å²) in [6, 6.07) is 3.35. The Bertz CT molecular complexity index is 643. The van der Waals surface area contributed by atoms with Crippen LogP contribution in [-0.4, -0.2) is 27.0 Å². The molecule has 1 amide bonds. The van der Waals surface area contributed by atoms with Crippen molar-refractivity contribution in [3.8, 4) is 0 Å². The fourth-order valence-electron chi connectivity index (χ4n) is 1.89.